The lowest BCUT2D eigenvalue weighted by Crippen LogP contribution is -2.47. The van der Waals surface area contributed by atoms with E-state index in [-0.39, 0.29) is 24.3 Å². The van der Waals surface area contributed by atoms with Crippen molar-refractivity contribution >= 4 is 11.8 Å². The molecule has 1 aromatic heterocycles. The highest BCUT2D eigenvalue weighted by Gasteiger charge is 2.22. The lowest BCUT2D eigenvalue weighted by Gasteiger charge is -2.17. The van der Waals surface area contributed by atoms with Crippen LogP contribution in [0.2, 0.25) is 0 Å². The van der Waals surface area contributed by atoms with Gasteiger partial charge in [0, 0.05) is 11.6 Å². The molecule has 1 aromatic carbocycles. The number of carbonyl (C=O) groups is 2. The zero-order valence-corrected chi connectivity index (χ0v) is 14.3. The number of benzene rings is 1. The highest BCUT2D eigenvalue weighted by molar-refractivity contribution is 5.88. The third-order valence-electron chi connectivity index (χ3n) is 4.39. The molecule has 2 amide bonds. The molecule has 1 atom stereocenters. The smallest absolute Gasteiger partial charge is 0.242 e. The van der Waals surface area contributed by atoms with Gasteiger partial charge in [0.1, 0.15) is 12.3 Å². The van der Waals surface area contributed by atoms with Crippen LogP contribution in [0.5, 0.6) is 0 Å². The zero-order valence-electron chi connectivity index (χ0n) is 14.3. The van der Waals surface area contributed by atoms with E-state index in [2.05, 4.69) is 15.6 Å². The number of rotatable bonds is 6. The molecule has 0 bridgehead atoms. The molecule has 6 heteroatoms. The van der Waals surface area contributed by atoms with Crippen molar-refractivity contribution in [2.75, 3.05) is 0 Å². The van der Waals surface area contributed by atoms with Crippen LogP contribution in [0.3, 0.4) is 0 Å². The van der Waals surface area contributed by atoms with E-state index in [1.54, 1.807) is 6.92 Å². The number of amides is 2. The van der Waals surface area contributed by atoms with Gasteiger partial charge in [-0.3, -0.25) is 9.59 Å². The van der Waals surface area contributed by atoms with Crippen molar-refractivity contribution in [3.8, 4) is 11.5 Å². The van der Waals surface area contributed by atoms with Crippen LogP contribution in [0.25, 0.3) is 11.5 Å². The molecule has 0 aliphatic heterocycles. The molecule has 6 nitrogen and oxygen atoms in total. The third kappa shape index (κ3) is 4.68. The van der Waals surface area contributed by atoms with Gasteiger partial charge in [0.05, 0.1) is 12.1 Å². The Kier molecular flexibility index (Phi) is 5.48. The predicted octanol–water partition coefficient (Wildman–Crippen LogP) is 2.45. The summed E-state index contributed by atoms with van der Waals surface area (Å²) in [6.07, 6.45) is 5.91. The summed E-state index contributed by atoms with van der Waals surface area (Å²) in [5, 5.41) is 5.70. The first-order valence-corrected chi connectivity index (χ1v) is 8.71. The van der Waals surface area contributed by atoms with Gasteiger partial charge in [0.2, 0.25) is 17.7 Å². The Balaban J connectivity index is 1.50. The van der Waals surface area contributed by atoms with Gasteiger partial charge in [0.25, 0.3) is 0 Å². The summed E-state index contributed by atoms with van der Waals surface area (Å²) >= 11 is 0. The zero-order chi connectivity index (χ0) is 17.6. The quantitative estimate of drug-likeness (QED) is 0.845. The second-order valence-electron chi connectivity index (χ2n) is 6.47. The van der Waals surface area contributed by atoms with Crippen LogP contribution in [-0.4, -0.2) is 28.9 Å². The highest BCUT2D eigenvalue weighted by atomic mass is 16.3. The van der Waals surface area contributed by atoms with E-state index in [0.29, 0.717) is 11.6 Å². The van der Waals surface area contributed by atoms with Gasteiger partial charge in [-0.15, -0.1) is 0 Å². The van der Waals surface area contributed by atoms with Crippen LogP contribution in [0.4, 0.5) is 0 Å². The second-order valence-corrected chi connectivity index (χ2v) is 6.47. The molecule has 1 aliphatic rings. The summed E-state index contributed by atoms with van der Waals surface area (Å²) < 4.78 is 5.42. The number of oxazole rings is 1. The van der Waals surface area contributed by atoms with Crippen molar-refractivity contribution in [2.45, 2.75) is 51.1 Å². The molecular formula is C19H23N3O3. The number of hydrogen-bond acceptors (Lipinski definition) is 4. The van der Waals surface area contributed by atoms with Crippen LogP contribution in [-0.2, 0) is 16.0 Å². The van der Waals surface area contributed by atoms with E-state index in [1.165, 1.54) is 6.26 Å². The lowest BCUT2D eigenvalue weighted by molar-refractivity contribution is -0.128. The maximum absolute atomic E-state index is 12.1. The topological polar surface area (TPSA) is 84.2 Å². The van der Waals surface area contributed by atoms with Crippen molar-refractivity contribution in [1.82, 2.24) is 15.6 Å². The van der Waals surface area contributed by atoms with Crippen molar-refractivity contribution in [2.24, 2.45) is 0 Å². The summed E-state index contributed by atoms with van der Waals surface area (Å²) in [7, 11) is 0. The summed E-state index contributed by atoms with van der Waals surface area (Å²) in [4.78, 5) is 28.6. The van der Waals surface area contributed by atoms with Crippen LogP contribution < -0.4 is 10.6 Å². The Bertz CT molecular complexity index is 721. The van der Waals surface area contributed by atoms with E-state index in [9.17, 15) is 9.59 Å². The fourth-order valence-electron chi connectivity index (χ4n) is 3.02. The van der Waals surface area contributed by atoms with Gasteiger partial charge < -0.3 is 15.1 Å². The molecule has 1 aliphatic carbocycles. The Morgan fingerprint density at radius 1 is 1.24 bits per heavy atom. The second kappa shape index (κ2) is 7.96. The van der Waals surface area contributed by atoms with Crippen LogP contribution >= 0.6 is 0 Å². The minimum atomic E-state index is -0.561. The van der Waals surface area contributed by atoms with Gasteiger partial charge in [-0.05, 0) is 31.9 Å². The molecule has 0 radical (unpaired) electrons. The summed E-state index contributed by atoms with van der Waals surface area (Å²) in [5.74, 6) is 0.0998. The molecule has 0 saturated heterocycles. The average Bonchev–Trinajstić information content (AvgIpc) is 3.27. The maximum atomic E-state index is 12.1. The summed E-state index contributed by atoms with van der Waals surface area (Å²) in [6, 6.07) is 9.19. The largest absolute Gasteiger partial charge is 0.444 e. The predicted molar refractivity (Wildman–Crippen MR) is 93.6 cm³/mol. The molecular weight excluding hydrogens is 318 g/mol. The normalized spacial score (nSPS) is 15.7. The number of aromatic nitrogens is 1. The SMILES string of the molecule is CC(NC(=O)Cc1coc(-c2ccccc2)n1)C(=O)NC1CCCC1. The van der Waals surface area contributed by atoms with Crippen LogP contribution in [0.15, 0.2) is 41.0 Å². The standard InChI is InChI=1S/C19H23N3O3/c1-13(18(24)21-15-9-5-6-10-15)20-17(23)11-16-12-25-19(22-16)14-7-3-2-4-8-14/h2-4,7-8,12-13,15H,5-6,9-11H2,1H3,(H,20,23)(H,21,24). The number of nitrogens with one attached hydrogen (secondary N) is 2. The van der Waals surface area contributed by atoms with Crippen molar-refractivity contribution in [3.05, 3.63) is 42.3 Å². The van der Waals surface area contributed by atoms with Gasteiger partial charge in [-0.25, -0.2) is 4.98 Å². The Morgan fingerprint density at radius 2 is 1.96 bits per heavy atom. The van der Waals surface area contributed by atoms with Gasteiger partial charge >= 0.3 is 0 Å². The molecule has 1 heterocycles. The molecule has 132 valence electrons. The van der Waals surface area contributed by atoms with Crippen LogP contribution in [0, 0.1) is 0 Å². The van der Waals surface area contributed by atoms with Crippen LogP contribution in [0.1, 0.15) is 38.3 Å². The molecule has 2 N–H and O–H groups in total. The first kappa shape index (κ1) is 17.2. The number of hydrogen-bond donors (Lipinski definition) is 2. The first-order chi connectivity index (χ1) is 12.1. The molecule has 1 saturated carbocycles. The monoisotopic (exact) mass is 341 g/mol. The lowest BCUT2D eigenvalue weighted by atomic mass is 10.2. The summed E-state index contributed by atoms with van der Waals surface area (Å²) in [6.45, 7) is 1.69. The number of carbonyl (C=O) groups excluding carboxylic acids is 2. The molecule has 1 unspecified atom stereocenters. The van der Waals surface area contributed by atoms with E-state index in [0.717, 1.165) is 31.2 Å². The highest BCUT2D eigenvalue weighted by Crippen LogP contribution is 2.18. The fourth-order valence-corrected chi connectivity index (χ4v) is 3.02. The Hall–Kier alpha value is -2.63. The van der Waals surface area contributed by atoms with E-state index in [1.807, 2.05) is 30.3 Å². The van der Waals surface area contributed by atoms with E-state index >= 15 is 0 Å². The maximum Gasteiger partial charge on any atom is 0.242 e. The average molecular weight is 341 g/mol. The van der Waals surface area contributed by atoms with E-state index < -0.39 is 6.04 Å². The van der Waals surface area contributed by atoms with Crippen molar-refractivity contribution < 1.29 is 14.0 Å². The Morgan fingerprint density at radius 3 is 2.68 bits per heavy atom. The van der Waals surface area contributed by atoms with Gasteiger partial charge in [-0.1, -0.05) is 31.0 Å². The molecule has 0 spiro atoms. The van der Waals surface area contributed by atoms with E-state index in [4.69, 9.17) is 4.42 Å². The fraction of sp³-hybridized carbons (Fsp3) is 0.421. The molecule has 3 rings (SSSR count). The molecule has 1 fully saturated rings. The minimum absolute atomic E-state index is 0.0807. The third-order valence-corrected chi connectivity index (χ3v) is 4.39. The Labute approximate surface area is 147 Å². The first-order valence-electron chi connectivity index (χ1n) is 8.71. The van der Waals surface area contributed by atoms with Crippen molar-refractivity contribution in [3.63, 3.8) is 0 Å². The van der Waals surface area contributed by atoms with Crippen molar-refractivity contribution in [1.29, 1.82) is 0 Å². The van der Waals surface area contributed by atoms with Gasteiger partial charge in [-0.2, -0.15) is 0 Å². The molecule has 25 heavy (non-hydrogen) atoms. The minimum Gasteiger partial charge on any atom is -0.444 e. The molecule has 2 aromatic rings. The number of nitrogens with zero attached hydrogens (tertiary/aromatic N) is 1. The van der Waals surface area contributed by atoms with Gasteiger partial charge in [0.15, 0.2) is 0 Å². The summed E-state index contributed by atoms with van der Waals surface area (Å²) in [5.41, 5.74) is 1.40.